The summed E-state index contributed by atoms with van der Waals surface area (Å²) in [5.41, 5.74) is 3.68. The molecule has 0 aliphatic carbocycles. The van der Waals surface area contributed by atoms with Crippen molar-refractivity contribution >= 4 is 34.3 Å². The molecule has 2 heterocycles. The normalized spacial score (nSPS) is 12.3. The first-order chi connectivity index (χ1) is 14.5. The highest BCUT2D eigenvalue weighted by Gasteiger charge is 2.20. The van der Waals surface area contributed by atoms with E-state index in [2.05, 4.69) is 51.8 Å². The molecule has 0 spiro atoms. The number of fused-ring (bicyclic) bond motifs is 1. The Kier molecular flexibility index (Phi) is 5.76. The Morgan fingerprint density at radius 3 is 2.60 bits per heavy atom. The summed E-state index contributed by atoms with van der Waals surface area (Å²) in [6.45, 7) is 6.14. The summed E-state index contributed by atoms with van der Waals surface area (Å²) in [7, 11) is 0. The fourth-order valence-electron chi connectivity index (χ4n) is 3.07. The summed E-state index contributed by atoms with van der Waals surface area (Å²) >= 11 is 1.31. The fourth-order valence-corrected chi connectivity index (χ4v) is 3.88. The third-order valence-corrected chi connectivity index (χ3v) is 5.83. The zero-order chi connectivity index (χ0) is 21.1. The number of hydrogen-bond donors (Lipinski definition) is 1. The molecule has 4 rings (SSSR count). The number of nitrogens with one attached hydrogen (secondary N) is 1. The maximum atomic E-state index is 12.8. The Labute approximate surface area is 178 Å². The van der Waals surface area contributed by atoms with Gasteiger partial charge in [0.1, 0.15) is 0 Å². The summed E-state index contributed by atoms with van der Waals surface area (Å²) in [5, 5.41) is 16.1. The van der Waals surface area contributed by atoms with Gasteiger partial charge in [0.2, 0.25) is 11.1 Å². The summed E-state index contributed by atoms with van der Waals surface area (Å²) < 4.78 is 1.65. The maximum Gasteiger partial charge on any atom is 0.237 e. The molecule has 0 aliphatic heterocycles. The van der Waals surface area contributed by atoms with Crippen molar-refractivity contribution in [3.63, 3.8) is 0 Å². The number of carbonyl (C=O) groups is 1. The molecule has 0 unspecified atom stereocenters. The van der Waals surface area contributed by atoms with E-state index in [1.54, 1.807) is 10.9 Å². The lowest BCUT2D eigenvalue weighted by Crippen LogP contribution is -2.23. The van der Waals surface area contributed by atoms with Crippen molar-refractivity contribution in [2.45, 2.75) is 37.1 Å². The minimum absolute atomic E-state index is 0.124. The van der Waals surface area contributed by atoms with Gasteiger partial charge in [0, 0.05) is 11.6 Å². The summed E-state index contributed by atoms with van der Waals surface area (Å²) in [6.07, 6.45) is 1.74. The molecule has 1 atom stereocenters. The standard InChI is InChI=1S/C22H22N6OS/c1-14(2)16-9-11-17(12-10-16)28-22(25-26-27-28)30-15(3)21(29)24-20-8-4-7-19-18(20)6-5-13-23-19/h4-15H,1-3H3,(H,24,29)/t15-/m1/s1. The first-order valence-corrected chi connectivity index (χ1v) is 10.6. The maximum absolute atomic E-state index is 12.8. The van der Waals surface area contributed by atoms with Gasteiger partial charge in [0.05, 0.1) is 22.1 Å². The number of amides is 1. The first kappa shape index (κ1) is 20.0. The number of nitrogens with zero attached hydrogens (tertiary/aromatic N) is 5. The van der Waals surface area contributed by atoms with Crippen molar-refractivity contribution < 1.29 is 4.79 Å². The van der Waals surface area contributed by atoms with Crippen LogP contribution in [0.2, 0.25) is 0 Å². The number of carbonyl (C=O) groups excluding carboxylic acids is 1. The van der Waals surface area contributed by atoms with Gasteiger partial charge >= 0.3 is 0 Å². The molecule has 0 saturated carbocycles. The first-order valence-electron chi connectivity index (χ1n) is 9.73. The van der Waals surface area contributed by atoms with Crippen LogP contribution in [0.1, 0.15) is 32.3 Å². The second-order valence-corrected chi connectivity index (χ2v) is 8.55. The number of aromatic nitrogens is 5. The van der Waals surface area contributed by atoms with Crippen molar-refractivity contribution in [1.29, 1.82) is 0 Å². The largest absolute Gasteiger partial charge is 0.324 e. The Bertz CT molecular complexity index is 1170. The third-order valence-electron chi connectivity index (χ3n) is 4.80. The summed E-state index contributed by atoms with van der Waals surface area (Å²) in [4.78, 5) is 17.2. The molecule has 7 nitrogen and oxygen atoms in total. The molecule has 0 aliphatic rings. The molecule has 0 bridgehead atoms. The Balaban J connectivity index is 1.50. The van der Waals surface area contributed by atoms with Gasteiger partial charge in [-0.1, -0.05) is 43.8 Å². The van der Waals surface area contributed by atoms with E-state index in [1.807, 2.05) is 49.4 Å². The minimum Gasteiger partial charge on any atom is -0.324 e. The molecule has 0 saturated heterocycles. The van der Waals surface area contributed by atoms with Gasteiger partial charge < -0.3 is 5.32 Å². The molecular formula is C22H22N6OS. The van der Waals surface area contributed by atoms with E-state index in [4.69, 9.17) is 0 Å². The average molecular weight is 419 g/mol. The van der Waals surface area contributed by atoms with E-state index in [9.17, 15) is 4.79 Å². The molecule has 1 N–H and O–H groups in total. The van der Waals surface area contributed by atoms with E-state index >= 15 is 0 Å². The summed E-state index contributed by atoms with van der Waals surface area (Å²) in [6, 6.07) is 17.6. The van der Waals surface area contributed by atoms with Crippen LogP contribution in [0, 0.1) is 0 Å². The molecule has 0 radical (unpaired) electrons. The van der Waals surface area contributed by atoms with Crippen LogP contribution in [0.3, 0.4) is 0 Å². The Morgan fingerprint density at radius 1 is 1.03 bits per heavy atom. The highest BCUT2D eigenvalue weighted by Crippen LogP contribution is 2.26. The van der Waals surface area contributed by atoms with Gasteiger partial charge in [0.15, 0.2) is 0 Å². The van der Waals surface area contributed by atoms with E-state index in [1.165, 1.54) is 17.3 Å². The lowest BCUT2D eigenvalue weighted by Gasteiger charge is -2.13. The number of hydrogen-bond acceptors (Lipinski definition) is 6. The predicted octanol–water partition coefficient (Wildman–Crippen LogP) is 4.45. The zero-order valence-corrected chi connectivity index (χ0v) is 17.8. The SMILES string of the molecule is CC(C)c1ccc(-n2nnnc2S[C@H](C)C(=O)Nc2cccc3ncccc23)cc1. The van der Waals surface area contributed by atoms with Crippen molar-refractivity contribution in [2.24, 2.45) is 0 Å². The van der Waals surface area contributed by atoms with Gasteiger partial charge in [0.25, 0.3) is 0 Å². The predicted molar refractivity (Wildman–Crippen MR) is 119 cm³/mol. The van der Waals surface area contributed by atoms with Crippen LogP contribution in [0.4, 0.5) is 5.69 Å². The van der Waals surface area contributed by atoms with E-state index in [0.717, 1.165) is 22.3 Å². The topological polar surface area (TPSA) is 85.6 Å². The number of rotatable bonds is 6. The lowest BCUT2D eigenvalue weighted by atomic mass is 10.0. The van der Waals surface area contributed by atoms with Crippen LogP contribution >= 0.6 is 11.8 Å². The molecule has 0 fully saturated rings. The highest BCUT2D eigenvalue weighted by atomic mass is 32.2. The molecular weight excluding hydrogens is 396 g/mol. The van der Waals surface area contributed by atoms with Crippen LogP contribution in [0.5, 0.6) is 0 Å². The van der Waals surface area contributed by atoms with Gasteiger partial charge in [-0.25, -0.2) is 0 Å². The van der Waals surface area contributed by atoms with Crippen LogP contribution in [-0.2, 0) is 4.79 Å². The second kappa shape index (κ2) is 8.62. The van der Waals surface area contributed by atoms with E-state index < -0.39 is 5.25 Å². The van der Waals surface area contributed by atoms with Crippen LogP contribution < -0.4 is 5.32 Å². The number of tetrazole rings is 1. The van der Waals surface area contributed by atoms with Crippen LogP contribution in [0.25, 0.3) is 16.6 Å². The quantitative estimate of drug-likeness (QED) is 0.466. The number of benzene rings is 2. The third kappa shape index (κ3) is 4.18. The Hall–Kier alpha value is -3.26. The minimum atomic E-state index is -0.392. The number of thioether (sulfide) groups is 1. The molecule has 152 valence electrons. The lowest BCUT2D eigenvalue weighted by molar-refractivity contribution is -0.115. The molecule has 8 heteroatoms. The van der Waals surface area contributed by atoms with E-state index in [0.29, 0.717) is 11.1 Å². The average Bonchev–Trinajstić information content (AvgIpc) is 3.22. The van der Waals surface area contributed by atoms with Crippen molar-refractivity contribution in [3.05, 3.63) is 66.4 Å². The van der Waals surface area contributed by atoms with Gasteiger partial charge in [-0.2, -0.15) is 4.68 Å². The fraction of sp³-hybridized carbons (Fsp3) is 0.227. The Morgan fingerprint density at radius 2 is 1.83 bits per heavy atom. The zero-order valence-electron chi connectivity index (χ0n) is 17.0. The van der Waals surface area contributed by atoms with Gasteiger partial charge in [-0.15, -0.1) is 5.10 Å². The monoisotopic (exact) mass is 418 g/mol. The molecule has 4 aromatic rings. The van der Waals surface area contributed by atoms with Crippen molar-refractivity contribution in [1.82, 2.24) is 25.2 Å². The number of pyridine rings is 1. The van der Waals surface area contributed by atoms with Gasteiger partial charge in [-0.05, 0) is 65.2 Å². The molecule has 30 heavy (non-hydrogen) atoms. The molecule has 2 aromatic carbocycles. The smallest absolute Gasteiger partial charge is 0.237 e. The van der Waals surface area contributed by atoms with Crippen LogP contribution in [-0.4, -0.2) is 36.3 Å². The van der Waals surface area contributed by atoms with E-state index in [-0.39, 0.29) is 5.91 Å². The van der Waals surface area contributed by atoms with Crippen molar-refractivity contribution in [3.8, 4) is 5.69 Å². The van der Waals surface area contributed by atoms with Crippen LogP contribution in [0.15, 0.2) is 66.0 Å². The van der Waals surface area contributed by atoms with Crippen molar-refractivity contribution in [2.75, 3.05) is 5.32 Å². The molecule has 2 aromatic heterocycles. The summed E-state index contributed by atoms with van der Waals surface area (Å²) in [5.74, 6) is 0.329. The van der Waals surface area contributed by atoms with Gasteiger partial charge in [-0.3, -0.25) is 9.78 Å². The number of anilines is 1. The molecule has 1 amide bonds. The highest BCUT2D eigenvalue weighted by molar-refractivity contribution is 8.00. The second-order valence-electron chi connectivity index (χ2n) is 7.24.